The summed E-state index contributed by atoms with van der Waals surface area (Å²) < 4.78 is 10.8. The molecule has 1 N–H and O–H groups in total. The van der Waals surface area contributed by atoms with E-state index in [-0.39, 0.29) is 0 Å². The first-order valence-corrected chi connectivity index (χ1v) is 8.52. The Morgan fingerprint density at radius 3 is 2.56 bits per heavy atom. The number of fused-ring (bicyclic) bond motifs is 5. The van der Waals surface area contributed by atoms with Crippen molar-refractivity contribution in [2.45, 2.75) is 6.92 Å². The number of nitrogens with one attached hydrogen (secondary N) is 1. The minimum absolute atomic E-state index is 0.412. The Hall–Kier alpha value is -3.67. The number of aryl methyl sites for hydroxylation is 1. The number of para-hydroxylation sites is 1. The highest BCUT2D eigenvalue weighted by molar-refractivity contribution is 6.20. The van der Waals surface area contributed by atoms with Crippen LogP contribution in [0.25, 0.3) is 44.0 Å². The summed E-state index contributed by atoms with van der Waals surface area (Å²) in [5.74, 6) is 0.735. The van der Waals surface area contributed by atoms with Crippen LogP contribution in [0.1, 0.15) is 5.69 Å². The third-order valence-corrected chi connectivity index (χ3v) is 4.82. The Labute approximate surface area is 153 Å². The van der Waals surface area contributed by atoms with E-state index in [0.29, 0.717) is 22.3 Å². The number of rotatable bonds is 2. The van der Waals surface area contributed by atoms with Crippen LogP contribution >= 0.6 is 0 Å². The number of hydrogen-bond acceptors (Lipinski definition) is 5. The van der Waals surface area contributed by atoms with E-state index in [1.54, 1.807) is 13.2 Å². The molecule has 0 amide bonds. The molecule has 0 radical (unpaired) electrons. The largest absolute Gasteiger partial charge is 0.497 e. The van der Waals surface area contributed by atoms with Crippen LogP contribution in [0.4, 0.5) is 0 Å². The summed E-state index contributed by atoms with van der Waals surface area (Å²) in [5, 5.41) is 10.2. The molecule has 0 saturated carbocycles. The zero-order chi connectivity index (χ0) is 18.5. The maximum atomic E-state index is 12.9. The molecule has 2 aromatic carbocycles. The normalized spacial score (nSPS) is 11.5. The summed E-state index contributed by atoms with van der Waals surface area (Å²) in [6.45, 7) is 1.90. The van der Waals surface area contributed by atoms with Crippen molar-refractivity contribution in [3.63, 3.8) is 0 Å². The molecule has 3 aromatic heterocycles. The number of hydrogen-bond donors (Lipinski definition) is 1. The molecule has 0 bridgehead atoms. The van der Waals surface area contributed by atoms with Gasteiger partial charge >= 0.3 is 5.63 Å². The van der Waals surface area contributed by atoms with E-state index in [0.717, 1.165) is 33.2 Å². The van der Waals surface area contributed by atoms with Crippen LogP contribution in [-0.2, 0) is 0 Å². The number of pyridine rings is 1. The van der Waals surface area contributed by atoms with Crippen molar-refractivity contribution >= 4 is 32.8 Å². The predicted molar refractivity (Wildman–Crippen MR) is 104 cm³/mol. The molecule has 0 atom stereocenters. The minimum atomic E-state index is -0.412. The van der Waals surface area contributed by atoms with E-state index in [1.165, 1.54) is 0 Å². The molecule has 3 heterocycles. The summed E-state index contributed by atoms with van der Waals surface area (Å²) in [7, 11) is 1.61. The first-order valence-electron chi connectivity index (χ1n) is 8.52. The minimum Gasteiger partial charge on any atom is -0.497 e. The van der Waals surface area contributed by atoms with Gasteiger partial charge in [-0.15, -0.1) is 0 Å². The van der Waals surface area contributed by atoms with Crippen LogP contribution in [-0.4, -0.2) is 22.3 Å². The van der Waals surface area contributed by atoms with Gasteiger partial charge in [-0.2, -0.15) is 5.10 Å². The molecular formula is C21H15N3O3. The first kappa shape index (κ1) is 15.6. The van der Waals surface area contributed by atoms with Crippen molar-refractivity contribution in [2.75, 3.05) is 7.11 Å². The summed E-state index contributed by atoms with van der Waals surface area (Å²) >= 11 is 0. The second kappa shape index (κ2) is 5.67. The molecule has 0 spiro atoms. The standard InChI is InChI=1S/C21H15N3O3/c1-11-16-17-14-5-3-4-6-15(14)27-21(25)18(17)19(22-20(16)24-23-11)12-7-9-13(26-2)10-8-12/h3-10H,1-2H3,(H,22,23,24). The summed E-state index contributed by atoms with van der Waals surface area (Å²) in [6, 6.07) is 15.0. The van der Waals surface area contributed by atoms with Gasteiger partial charge in [0.15, 0.2) is 5.65 Å². The van der Waals surface area contributed by atoms with Gasteiger partial charge in [0.05, 0.1) is 29.3 Å². The Morgan fingerprint density at radius 1 is 1.00 bits per heavy atom. The summed E-state index contributed by atoms with van der Waals surface area (Å²) in [6.07, 6.45) is 0. The van der Waals surface area contributed by atoms with E-state index in [1.807, 2.05) is 49.4 Å². The Balaban J connectivity index is 2.02. The number of aromatic nitrogens is 3. The van der Waals surface area contributed by atoms with Crippen molar-refractivity contribution in [3.8, 4) is 17.0 Å². The first-order chi connectivity index (χ1) is 13.2. The summed E-state index contributed by atoms with van der Waals surface area (Å²) in [5.41, 5.74) is 2.93. The maximum absolute atomic E-state index is 12.9. The maximum Gasteiger partial charge on any atom is 0.346 e. The van der Waals surface area contributed by atoms with Crippen LogP contribution in [0.15, 0.2) is 57.7 Å². The second-order valence-corrected chi connectivity index (χ2v) is 6.36. The summed E-state index contributed by atoms with van der Waals surface area (Å²) in [4.78, 5) is 17.6. The fraction of sp³-hybridized carbons (Fsp3) is 0.0952. The lowest BCUT2D eigenvalue weighted by atomic mass is 9.99. The molecule has 0 fully saturated rings. The molecule has 0 aliphatic heterocycles. The van der Waals surface area contributed by atoms with Gasteiger partial charge in [-0.05, 0) is 37.3 Å². The molecule has 27 heavy (non-hydrogen) atoms. The van der Waals surface area contributed by atoms with Crippen LogP contribution in [0.5, 0.6) is 5.75 Å². The lowest BCUT2D eigenvalue weighted by Gasteiger charge is -2.09. The second-order valence-electron chi connectivity index (χ2n) is 6.36. The van der Waals surface area contributed by atoms with Gasteiger partial charge in [0, 0.05) is 16.3 Å². The third-order valence-electron chi connectivity index (χ3n) is 4.82. The molecule has 0 unspecified atom stereocenters. The number of ether oxygens (including phenoxy) is 1. The van der Waals surface area contributed by atoms with Crippen molar-refractivity contribution in [1.29, 1.82) is 0 Å². The van der Waals surface area contributed by atoms with Gasteiger partial charge in [-0.25, -0.2) is 9.78 Å². The van der Waals surface area contributed by atoms with Gasteiger partial charge in [0.2, 0.25) is 0 Å². The molecule has 0 aliphatic carbocycles. The van der Waals surface area contributed by atoms with Gasteiger partial charge in [-0.1, -0.05) is 18.2 Å². The van der Waals surface area contributed by atoms with Crippen molar-refractivity contribution in [3.05, 3.63) is 64.6 Å². The number of benzene rings is 2. The molecule has 0 saturated heterocycles. The highest BCUT2D eigenvalue weighted by Gasteiger charge is 2.20. The Kier molecular flexibility index (Phi) is 3.27. The third kappa shape index (κ3) is 2.23. The van der Waals surface area contributed by atoms with E-state index in [4.69, 9.17) is 14.1 Å². The Bertz CT molecular complexity index is 1380. The van der Waals surface area contributed by atoms with Gasteiger partial charge in [0.1, 0.15) is 11.3 Å². The molecule has 5 aromatic rings. The van der Waals surface area contributed by atoms with E-state index in [9.17, 15) is 4.79 Å². The zero-order valence-electron chi connectivity index (χ0n) is 14.7. The highest BCUT2D eigenvalue weighted by atomic mass is 16.5. The highest BCUT2D eigenvalue weighted by Crippen LogP contribution is 2.35. The monoisotopic (exact) mass is 357 g/mol. The smallest absolute Gasteiger partial charge is 0.346 e. The van der Waals surface area contributed by atoms with E-state index in [2.05, 4.69) is 10.2 Å². The molecule has 0 aliphatic rings. The van der Waals surface area contributed by atoms with Crippen LogP contribution in [0.2, 0.25) is 0 Å². The SMILES string of the molecule is COc1ccc(-c2nc3[nH]nc(C)c3c3c2c(=O)oc2ccccc23)cc1. The molecular weight excluding hydrogens is 342 g/mol. The van der Waals surface area contributed by atoms with Crippen molar-refractivity contribution in [2.24, 2.45) is 0 Å². The lowest BCUT2D eigenvalue weighted by molar-refractivity contribution is 0.415. The number of methoxy groups -OCH3 is 1. The zero-order valence-corrected chi connectivity index (χ0v) is 14.7. The van der Waals surface area contributed by atoms with Gasteiger partial charge in [-0.3, -0.25) is 5.10 Å². The van der Waals surface area contributed by atoms with Crippen molar-refractivity contribution in [1.82, 2.24) is 15.2 Å². The molecule has 6 nitrogen and oxygen atoms in total. The van der Waals surface area contributed by atoms with Crippen LogP contribution in [0, 0.1) is 6.92 Å². The predicted octanol–water partition coefficient (Wildman–Crippen LogP) is 4.20. The average molecular weight is 357 g/mol. The van der Waals surface area contributed by atoms with E-state index < -0.39 is 5.63 Å². The van der Waals surface area contributed by atoms with Gasteiger partial charge in [0.25, 0.3) is 0 Å². The fourth-order valence-electron chi connectivity index (χ4n) is 3.55. The van der Waals surface area contributed by atoms with Crippen molar-refractivity contribution < 1.29 is 9.15 Å². The fourth-order valence-corrected chi connectivity index (χ4v) is 3.55. The number of nitrogens with zero attached hydrogens (tertiary/aromatic N) is 2. The number of H-pyrrole nitrogens is 1. The Morgan fingerprint density at radius 2 is 1.78 bits per heavy atom. The number of aromatic amines is 1. The van der Waals surface area contributed by atoms with Crippen LogP contribution < -0.4 is 10.4 Å². The molecule has 132 valence electrons. The van der Waals surface area contributed by atoms with Gasteiger partial charge < -0.3 is 9.15 Å². The topological polar surface area (TPSA) is 81.0 Å². The lowest BCUT2D eigenvalue weighted by Crippen LogP contribution is -2.04. The van der Waals surface area contributed by atoms with Crippen LogP contribution in [0.3, 0.4) is 0 Å². The van der Waals surface area contributed by atoms with E-state index >= 15 is 0 Å². The molecule has 6 heteroatoms. The average Bonchev–Trinajstić information content (AvgIpc) is 3.08. The quantitative estimate of drug-likeness (QED) is 0.378. The molecule has 5 rings (SSSR count).